The van der Waals surface area contributed by atoms with E-state index in [1.54, 1.807) is 6.07 Å². The fourth-order valence-corrected chi connectivity index (χ4v) is 11.9. The topological polar surface area (TPSA) is 15.7 Å². The third-order valence-corrected chi connectivity index (χ3v) is 15.0. The Kier molecular flexibility index (Phi) is 4.24. The molecule has 3 aliphatic heterocycles. The molecule has 5 aromatic carbocycles. The van der Waals surface area contributed by atoms with Crippen LogP contribution >= 0.6 is 11.3 Å². The largest absolute Gasteiger partial charge is 0.457 e. The van der Waals surface area contributed by atoms with E-state index in [1.165, 1.54) is 16.2 Å². The molecule has 4 heterocycles. The molecule has 1 fully saturated rings. The fraction of sp³-hybridized carbons (Fsp3) is 0.320. The average molecular weight is 754 g/mol. The molecule has 11 rings (SSSR count). The molecule has 274 valence electrons. The average Bonchev–Trinajstić information content (AvgIpc) is 3.84. The first-order valence-corrected chi connectivity index (χ1v) is 19.9. The van der Waals surface area contributed by atoms with Gasteiger partial charge in [-0.2, -0.15) is 0 Å². The van der Waals surface area contributed by atoms with Crippen LogP contribution in [0.1, 0.15) is 119 Å². The van der Waals surface area contributed by atoms with Crippen molar-refractivity contribution in [3.63, 3.8) is 0 Å². The summed E-state index contributed by atoms with van der Waals surface area (Å²) in [6.45, 7) is 11.8. The van der Waals surface area contributed by atoms with Crippen LogP contribution in [-0.2, 0) is 16.2 Å². The van der Waals surface area contributed by atoms with Crippen molar-refractivity contribution in [2.75, 3.05) is 9.80 Å². The van der Waals surface area contributed by atoms with E-state index in [4.69, 9.17) is 18.4 Å². The van der Waals surface area contributed by atoms with Crippen LogP contribution in [0.5, 0.6) is 11.5 Å². The zero-order valence-corrected chi connectivity index (χ0v) is 32.5. The maximum atomic E-state index is 10.0. The Balaban J connectivity index is 1.29. The van der Waals surface area contributed by atoms with Crippen LogP contribution < -0.4 is 30.2 Å². The number of rotatable bonds is 3. The predicted molar refractivity (Wildman–Crippen MR) is 234 cm³/mol. The van der Waals surface area contributed by atoms with E-state index in [-0.39, 0.29) is 68.6 Å². The molecule has 0 spiro atoms. The summed E-state index contributed by atoms with van der Waals surface area (Å²) in [5, 5.41) is 0. The van der Waals surface area contributed by atoms with Gasteiger partial charge in [0.05, 0.1) is 28.8 Å². The summed E-state index contributed by atoms with van der Waals surface area (Å²) in [5.74, 6) is 0.828. The van der Waals surface area contributed by atoms with E-state index in [2.05, 4.69) is 27.7 Å². The minimum absolute atomic E-state index is 0.0975. The highest BCUT2D eigenvalue weighted by atomic mass is 32.1. The molecule has 0 N–H and O–H groups in total. The van der Waals surface area contributed by atoms with Crippen molar-refractivity contribution >= 4 is 62.2 Å². The lowest BCUT2D eigenvalue weighted by Crippen LogP contribution is -2.59. The Labute approximate surface area is 355 Å². The third-order valence-electron chi connectivity index (χ3n) is 13.4. The van der Waals surface area contributed by atoms with E-state index in [0.29, 0.717) is 40.1 Å². The number of fused-ring (bicyclic) bond motifs is 9. The SMILES string of the molecule is [2H]c1c([2H])c([2H])c(-c2c([2H])c([2H])c3c(c2[2H])C2(C)CCCCC2(C)N3c2cc3c4c(c2)N(c2c([2H])c([2H])c([2H])c([2H])c2[2H])c2c([2H])c([2H])c([2H])c([2H])c2B4c2sc4c(c2O3)C(C)(C)CCC4(C)C)c([2H])c1[2H]. The number of benzene rings is 5. The molecule has 5 aliphatic rings. The molecule has 3 nitrogen and oxygen atoms in total. The molecule has 2 atom stereocenters. The zero-order chi connectivity index (χ0) is 52.3. The summed E-state index contributed by atoms with van der Waals surface area (Å²) in [5.41, 5.74) is -0.982. The number of para-hydroxylation sites is 2. The van der Waals surface area contributed by atoms with Crippen molar-refractivity contribution in [1.82, 2.24) is 0 Å². The van der Waals surface area contributed by atoms with E-state index < -0.39 is 108 Å². The zero-order valence-electron chi connectivity index (χ0n) is 48.7. The van der Waals surface area contributed by atoms with Gasteiger partial charge in [0.25, 0.3) is 6.71 Å². The summed E-state index contributed by atoms with van der Waals surface area (Å²) in [7, 11) is 0. The number of thiophene rings is 1. The van der Waals surface area contributed by atoms with Crippen molar-refractivity contribution in [1.29, 1.82) is 0 Å². The quantitative estimate of drug-likeness (QED) is 0.167. The van der Waals surface area contributed by atoms with Crippen LogP contribution in [0.4, 0.5) is 28.4 Å². The van der Waals surface area contributed by atoms with E-state index >= 15 is 0 Å². The lowest BCUT2D eigenvalue weighted by atomic mass is 9.36. The summed E-state index contributed by atoms with van der Waals surface area (Å²) in [4.78, 5) is 4.34. The van der Waals surface area contributed by atoms with Gasteiger partial charge in [-0.15, -0.1) is 11.3 Å². The molecule has 1 saturated carbocycles. The van der Waals surface area contributed by atoms with Crippen LogP contribution in [0.15, 0.2) is 115 Å². The van der Waals surface area contributed by atoms with Crippen LogP contribution in [0.2, 0.25) is 0 Å². The minimum Gasteiger partial charge on any atom is -0.457 e. The maximum absolute atomic E-state index is 10.0. The van der Waals surface area contributed by atoms with Gasteiger partial charge >= 0.3 is 0 Å². The van der Waals surface area contributed by atoms with Crippen LogP contribution in [0, 0.1) is 0 Å². The van der Waals surface area contributed by atoms with Gasteiger partial charge < -0.3 is 14.5 Å². The second-order valence-electron chi connectivity index (χ2n) is 17.4. The van der Waals surface area contributed by atoms with Gasteiger partial charge in [-0.25, -0.2) is 0 Å². The molecule has 6 aromatic rings. The Morgan fingerprint density at radius 3 is 2.18 bits per heavy atom. The highest BCUT2D eigenvalue weighted by Gasteiger charge is 2.58. The summed E-state index contributed by atoms with van der Waals surface area (Å²) >= 11 is 1.53. The number of ether oxygens (including phenoxy) is 1. The molecule has 55 heavy (non-hydrogen) atoms. The molecule has 1 aromatic heterocycles. The van der Waals surface area contributed by atoms with Crippen LogP contribution in [0.25, 0.3) is 11.1 Å². The molecule has 0 bridgehead atoms. The van der Waals surface area contributed by atoms with E-state index in [0.717, 1.165) is 36.1 Å². The lowest BCUT2D eigenvalue weighted by Gasteiger charge is -2.50. The van der Waals surface area contributed by atoms with Gasteiger partial charge in [0, 0.05) is 55.1 Å². The minimum atomic E-state index is -0.977. The molecule has 0 saturated heterocycles. The van der Waals surface area contributed by atoms with Crippen molar-refractivity contribution < 1.29 is 28.0 Å². The third kappa shape index (κ3) is 4.51. The summed E-state index contributed by atoms with van der Waals surface area (Å²) in [6.07, 6.45) is 4.18. The summed E-state index contributed by atoms with van der Waals surface area (Å²) < 4.78 is 163. The van der Waals surface area contributed by atoms with Crippen molar-refractivity contribution in [3.8, 4) is 22.6 Å². The molecule has 2 unspecified atom stereocenters. The van der Waals surface area contributed by atoms with Gasteiger partial charge in [0.1, 0.15) is 11.5 Å². The molecular weight excluding hydrogens is 687 g/mol. The fourth-order valence-electron chi connectivity index (χ4n) is 10.3. The van der Waals surface area contributed by atoms with Crippen LogP contribution in [0.3, 0.4) is 0 Å². The smallest absolute Gasteiger partial charge is 0.268 e. The molecular formula is C50H49BN2OS. The number of nitrogens with zero attached hydrogens (tertiary/aromatic N) is 2. The van der Waals surface area contributed by atoms with Crippen molar-refractivity contribution in [3.05, 3.63) is 131 Å². The van der Waals surface area contributed by atoms with Crippen LogP contribution in [-0.4, -0.2) is 12.3 Å². The Morgan fingerprint density at radius 1 is 0.673 bits per heavy atom. The highest BCUT2D eigenvalue weighted by molar-refractivity contribution is 7.28. The first-order valence-electron chi connectivity index (χ1n) is 27.6. The highest BCUT2D eigenvalue weighted by Crippen LogP contribution is 2.62. The van der Waals surface area contributed by atoms with E-state index in [9.17, 15) is 9.60 Å². The van der Waals surface area contributed by atoms with Gasteiger partial charge in [-0.3, -0.25) is 0 Å². The lowest BCUT2D eigenvalue weighted by molar-refractivity contribution is 0.195. The monoisotopic (exact) mass is 753 g/mol. The van der Waals surface area contributed by atoms with Crippen molar-refractivity contribution in [2.24, 2.45) is 0 Å². The Morgan fingerprint density at radius 2 is 1.38 bits per heavy atom. The van der Waals surface area contributed by atoms with Crippen molar-refractivity contribution in [2.45, 2.75) is 102 Å². The number of anilines is 5. The first-order chi connectivity index (χ1) is 33.6. The molecule has 0 radical (unpaired) electrons. The molecule has 5 heteroatoms. The number of hydrogen-bond donors (Lipinski definition) is 0. The first kappa shape index (κ1) is 20.4. The Bertz CT molecular complexity index is 3460. The Hall–Kier alpha value is -4.74. The van der Waals surface area contributed by atoms with Gasteiger partial charge in [-0.05, 0) is 107 Å². The van der Waals surface area contributed by atoms with E-state index in [1.807, 2.05) is 24.8 Å². The second-order valence-corrected chi connectivity index (χ2v) is 18.4. The molecule has 0 amide bonds. The van der Waals surface area contributed by atoms with Gasteiger partial charge in [0.2, 0.25) is 0 Å². The maximum Gasteiger partial charge on any atom is 0.268 e. The predicted octanol–water partition coefficient (Wildman–Crippen LogP) is 11.9. The number of hydrogen-bond acceptors (Lipinski definition) is 4. The normalized spacial score (nSPS) is 27.8. The van der Waals surface area contributed by atoms with Gasteiger partial charge in [-0.1, -0.05) is 120 Å². The summed E-state index contributed by atoms with van der Waals surface area (Å²) in [6, 6.07) is -5.81. The standard InChI is InChI=1S/C50H49BN2OS/c1-47(2)27-28-48(3,4)45-42(47)44-46(55-45)51-37-21-13-14-22-39(37)52(34-19-11-8-12-20-34)40-30-35(31-41(54-44)43(40)51)53-38-24-23-33(32-17-9-7-10-18-32)29-36(38)49(5)25-15-16-26-50(49,53)6/h7-14,17-24,29-31H,15-16,25-28H2,1-6H3/i7D,8D,9D,10D,11D,12D,13D,14D,17D,18D,19D,20D,21D,22D,23D,24D,29D. The van der Waals surface area contributed by atoms with Gasteiger partial charge in [0.15, 0.2) is 0 Å². The second kappa shape index (κ2) is 11.4. The molecule has 2 aliphatic carbocycles.